The highest BCUT2D eigenvalue weighted by Gasteiger charge is 2.33. The second-order valence-electron chi connectivity index (χ2n) is 9.22. The minimum absolute atomic E-state index is 0.0331. The van der Waals surface area contributed by atoms with Crippen LogP contribution in [0, 0.1) is 0 Å². The average Bonchev–Trinajstić information content (AvgIpc) is 3.24. The Morgan fingerprint density at radius 1 is 1.21 bits per heavy atom. The van der Waals surface area contributed by atoms with Crippen LogP contribution in [0.15, 0.2) is 24.3 Å². The number of H-pyrrole nitrogens is 1. The maximum Gasteiger partial charge on any atom is 0.251 e. The van der Waals surface area contributed by atoms with Crippen molar-refractivity contribution in [3.8, 4) is 11.3 Å². The minimum Gasteiger partial charge on any atom is -0.382 e. The molecule has 1 aromatic carbocycles. The van der Waals surface area contributed by atoms with E-state index >= 15 is 0 Å². The van der Waals surface area contributed by atoms with Gasteiger partial charge in [0.2, 0.25) is 5.95 Å². The van der Waals surface area contributed by atoms with Gasteiger partial charge >= 0.3 is 0 Å². The van der Waals surface area contributed by atoms with Crippen LogP contribution in [0.2, 0.25) is 0 Å². The van der Waals surface area contributed by atoms with E-state index in [2.05, 4.69) is 37.6 Å². The van der Waals surface area contributed by atoms with E-state index < -0.39 is 6.10 Å². The van der Waals surface area contributed by atoms with E-state index in [4.69, 9.17) is 15.5 Å². The summed E-state index contributed by atoms with van der Waals surface area (Å²) in [6, 6.07) is 8.18. The fourth-order valence-corrected chi connectivity index (χ4v) is 4.82. The number of aromatic nitrogens is 4. The van der Waals surface area contributed by atoms with Crippen molar-refractivity contribution in [1.82, 2.24) is 25.5 Å². The molecule has 5 N–H and O–H groups in total. The predicted octanol–water partition coefficient (Wildman–Crippen LogP) is 2.69. The molecule has 1 saturated carbocycles. The molecule has 2 atom stereocenters. The van der Waals surface area contributed by atoms with Crippen LogP contribution < -0.4 is 21.3 Å². The summed E-state index contributed by atoms with van der Waals surface area (Å²) in [7, 11) is 1.80. The van der Waals surface area contributed by atoms with Crippen LogP contribution in [0.25, 0.3) is 22.2 Å². The number of fused-ring (bicyclic) bond motifs is 1. The largest absolute Gasteiger partial charge is 0.382 e. The van der Waals surface area contributed by atoms with E-state index in [9.17, 15) is 4.79 Å². The first-order valence-electron chi connectivity index (χ1n) is 12.0. The number of rotatable bonds is 5. The second kappa shape index (κ2) is 9.46. The highest BCUT2D eigenvalue weighted by atomic mass is 16.5. The number of nitrogens with zero attached hydrogens (tertiary/aromatic N) is 4. The van der Waals surface area contributed by atoms with Crippen LogP contribution in [-0.4, -0.2) is 64.5 Å². The third kappa shape index (κ3) is 4.50. The Morgan fingerprint density at radius 3 is 2.82 bits per heavy atom. The molecular formula is C24H32N8O2. The van der Waals surface area contributed by atoms with Gasteiger partial charge in [0.25, 0.3) is 5.91 Å². The fourth-order valence-electron chi connectivity index (χ4n) is 4.82. The van der Waals surface area contributed by atoms with Crippen molar-refractivity contribution in [3.63, 3.8) is 0 Å². The molecule has 2 fully saturated rings. The quantitative estimate of drug-likeness (QED) is 0.453. The zero-order valence-corrected chi connectivity index (χ0v) is 19.7. The molecule has 34 heavy (non-hydrogen) atoms. The first-order valence-corrected chi connectivity index (χ1v) is 12.0. The number of benzene rings is 1. The van der Waals surface area contributed by atoms with E-state index in [0.29, 0.717) is 24.9 Å². The molecule has 180 valence electrons. The monoisotopic (exact) mass is 464 g/mol. The van der Waals surface area contributed by atoms with Crippen LogP contribution in [0.5, 0.6) is 0 Å². The number of nitrogens with one attached hydrogen (secondary N) is 3. The van der Waals surface area contributed by atoms with Crippen molar-refractivity contribution < 1.29 is 9.53 Å². The molecule has 5 rings (SSSR count). The number of nitrogens with two attached hydrogens (primary N) is 1. The third-order valence-corrected chi connectivity index (χ3v) is 6.80. The van der Waals surface area contributed by atoms with E-state index in [1.54, 1.807) is 7.05 Å². The number of morpholine rings is 1. The molecule has 2 aromatic heterocycles. The molecule has 1 saturated heterocycles. The summed E-state index contributed by atoms with van der Waals surface area (Å²) in [5.41, 5.74) is 8.45. The molecular weight excluding hydrogens is 432 g/mol. The maximum atomic E-state index is 13.0. The standard InChI is InChI=1S/C24H32N8O2/c1-14-13-34-20(23(33)27-16-6-4-3-5-7-16)12-32(14)21-11-18(28-24(26-2)29-21)15-8-9-17-19(10-15)30-31-22(17)25/h8-11,14,16,20H,3-7,12-13H2,1-2H3,(H,27,33)(H3,25,30,31)(H,26,28,29)/t14-,20-/m1/s1. The number of aromatic amines is 1. The Morgan fingerprint density at radius 2 is 2.03 bits per heavy atom. The lowest BCUT2D eigenvalue weighted by Gasteiger charge is -2.39. The Bertz CT molecular complexity index is 1170. The lowest BCUT2D eigenvalue weighted by atomic mass is 9.95. The second-order valence-corrected chi connectivity index (χ2v) is 9.22. The van der Waals surface area contributed by atoms with E-state index in [0.717, 1.165) is 40.8 Å². The molecule has 0 bridgehead atoms. The van der Waals surface area contributed by atoms with Crippen molar-refractivity contribution in [2.24, 2.45) is 0 Å². The summed E-state index contributed by atoms with van der Waals surface area (Å²) in [5, 5.41) is 14.2. The van der Waals surface area contributed by atoms with Gasteiger partial charge in [-0.05, 0) is 31.9 Å². The zero-order valence-electron chi connectivity index (χ0n) is 19.7. The van der Waals surface area contributed by atoms with Gasteiger partial charge in [0, 0.05) is 30.1 Å². The maximum absolute atomic E-state index is 13.0. The highest BCUT2D eigenvalue weighted by molar-refractivity contribution is 5.91. The number of anilines is 3. The fraction of sp³-hybridized carbons (Fsp3) is 0.500. The Kier molecular flexibility index (Phi) is 6.23. The normalized spacial score (nSPS) is 21.5. The lowest BCUT2D eigenvalue weighted by molar-refractivity contribution is -0.135. The molecule has 1 aliphatic heterocycles. The smallest absolute Gasteiger partial charge is 0.251 e. The van der Waals surface area contributed by atoms with Crippen molar-refractivity contribution in [1.29, 1.82) is 0 Å². The molecule has 0 unspecified atom stereocenters. The number of carbonyl (C=O) groups excluding carboxylic acids is 1. The molecule has 2 aliphatic rings. The SMILES string of the molecule is CNc1nc(-c2ccc3c(N)n[nH]c3c2)cc(N2C[C@H](C(=O)NC3CCCCC3)OC[C@H]2C)n1. The number of carbonyl (C=O) groups is 1. The number of hydrogen-bond donors (Lipinski definition) is 4. The Labute approximate surface area is 198 Å². The van der Waals surface area contributed by atoms with Crippen LogP contribution in [0.1, 0.15) is 39.0 Å². The van der Waals surface area contributed by atoms with Crippen LogP contribution in [-0.2, 0) is 9.53 Å². The van der Waals surface area contributed by atoms with Crippen molar-refractivity contribution in [2.75, 3.05) is 36.1 Å². The number of nitrogen functional groups attached to an aromatic ring is 1. The summed E-state index contributed by atoms with van der Waals surface area (Å²) in [6.07, 6.45) is 5.17. The first kappa shape index (κ1) is 22.4. The summed E-state index contributed by atoms with van der Waals surface area (Å²) in [5.74, 6) is 1.71. The van der Waals surface area contributed by atoms with Gasteiger partial charge < -0.3 is 26.0 Å². The molecule has 1 amide bonds. The lowest BCUT2D eigenvalue weighted by Crippen LogP contribution is -2.55. The Hall–Kier alpha value is -3.40. The Balaban J connectivity index is 1.40. The molecule has 1 aliphatic carbocycles. The van der Waals surface area contributed by atoms with Crippen LogP contribution in [0.4, 0.5) is 17.6 Å². The average molecular weight is 465 g/mol. The van der Waals surface area contributed by atoms with E-state index in [-0.39, 0.29) is 18.0 Å². The van der Waals surface area contributed by atoms with Gasteiger partial charge in [0.05, 0.1) is 30.4 Å². The number of amides is 1. The minimum atomic E-state index is -0.529. The van der Waals surface area contributed by atoms with E-state index in [1.165, 1.54) is 19.3 Å². The third-order valence-electron chi connectivity index (χ3n) is 6.80. The molecule has 10 heteroatoms. The molecule has 0 radical (unpaired) electrons. The summed E-state index contributed by atoms with van der Waals surface area (Å²) < 4.78 is 5.93. The van der Waals surface area contributed by atoms with Gasteiger partial charge in [-0.2, -0.15) is 10.1 Å². The molecule has 0 spiro atoms. The summed E-state index contributed by atoms with van der Waals surface area (Å²) >= 11 is 0. The number of hydrogen-bond acceptors (Lipinski definition) is 8. The summed E-state index contributed by atoms with van der Waals surface area (Å²) in [4.78, 5) is 24.5. The van der Waals surface area contributed by atoms with Gasteiger partial charge in [-0.25, -0.2) is 4.98 Å². The van der Waals surface area contributed by atoms with Crippen LogP contribution in [0.3, 0.4) is 0 Å². The van der Waals surface area contributed by atoms with Gasteiger partial charge in [-0.1, -0.05) is 25.3 Å². The first-order chi connectivity index (χ1) is 16.5. The predicted molar refractivity (Wildman–Crippen MR) is 133 cm³/mol. The van der Waals surface area contributed by atoms with Crippen molar-refractivity contribution >= 4 is 34.4 Å². The highest BCUT2D eigenvalue weighted by Crippen LogP contribution is 2.29. The molecule has 3 heterocycles. The molecule has 3 aromatic rings. The van der Waals surface area contributed by atoms with Gasteiger partial charge in [0.1, 0.15) is 5.82 Å². The van der Waals surface area contributed by atoms with Gasteiger partial charge in [0.15, 0.2) is 11.9 Å². The van der Waals surface area contributed by atoms with Gasteiger partial charge in [-0.15, -0.1) is 0 Å². The van der Waals surface area contributed by atoms with Gasteiger partial charge in [-0.3, -0.25) is 9.89 Å². The van der Waals surface area contributed by atoms with Crippen LogP contribution >= 0.6 is 0 Å². The van der Waals surface area contributed by atoms with Crippen molar-refractivity contribution in [2.45, 2.75) is 57.2 Å². The zero-order chi connectivity index (χ0) is 23.7. The summed E-state index contributed by atoms with van der Waals surface area (Å²) in [6.45, 7) is 2.97. The molecule has 10 nitrogen and oxygen atoms in total. The number of ether oxygens (including phenoxy) is 1. The topological polar surface area (TPSA) is 134 Å². The van der Waals surface area contributed by atoms with E-state index in [1.807, 2.05) is 24.3 Å². The van der Waals surface area contributed by atoms with Crippen molar-refractivity contribution in [3.05, 3.63) is 24.3 Å².